The van der Waals surface area contributed by atoms with Crippen LogP contribution in [0.5, 0.6) is 11.5 Å². The topological polar surface area (TPSA) is 36.9 Å². The lowest BCUT2D eigenvalue weighted by Crippen LogP contribution is -2.35. The first-order valence-electron chi connectivity index (χ1n) is 9.96. The maximum absolute atomic E-state index is 14.5. The molecule has 1 saturated carbocycles. The molecule has 0 aromatic heterocycles. The van der Waals surface area contributed by atoms with Gasteiger partial charge in [0.05, 0.1) is 18.8 Å². The van der Waals surface area contributed by atoms with Crippen molar-refractivity contribution >= 4 is 0 Å². The Labute approximate surface area is 175 Å². The standard InChI is InChI=1S/C22H21F5O4/c23-21(24,30-18-8-10-19(11-9-18)31-22(25,26)27)17-6-4-15(5-7-17)20-28-12-16(13-29-20)14-2-1-3-14/h4-11,14,16,20H,1-3,12-13H2. The molecule has 0 spiro atoms. The van der Waals surface area contributed by atoms with Crippen LogP contribution in [0.2, 0.25) is 0 Å². The molecule has 2 aliphatic rings. The molecule has 0 atom stereocenters. The molecule has 0 radical (unpaired) electrons. The van der Waals surface area contributed by atoms with Gasteiger partial charge in [0.25, 0.3) is 0 Å². The van der Waals surface area contributed by atoms with E-state index in [9.17, 15) is 22.0 Å². The maximum Gasteiger partial charge on any atom is 0.573 e. The smallest absolute Gasteiger partial charge is 0.429 e. The summed E-state index contributed by atoms with van der Waals surface area (Å²) in [6.07, 6.45) is -5.50. The Morgan fingerprint density at radius 1 is 0.710 bits per heavy atom. The fourth-order valence-electron chi connectivity index (χ4n) is 3.64. The van der Waals surface area contributed by atoms with Crippen LogP contribution in [0, 0.1) is 11.8 Å². The summed E-state index contributed by atoms with van der Waals surface area (Å²) in [5, 5.41) is 0. The molecule has 168 valence electrons. The lowest BCUT2D eigenvalue weighted by molar-refractivity contribution is -0.274. The van der Waals surface area contributed by atoms with Crippen LogP contribution in [0.15, 0.2) is 48.5 Å². The van der Waals surface area contributed by atoms with E-state index in [1.165, 1.54) is 43.5 Å². The normalized spacial score (nSPS) is 22.6. The summed E-state index contributed by atoms with van der Waals surface area (Å²) in [5.74, 6) is 0.201. The molecular weight excluding hydrogens is 423 g/mol. The molecule has 1 aliphatic heterocycles. The van der Waals surface area contributed by atoms with Gasteiger partial charge in [0.1, 0.15) is 11.5 Å². The Morgan fingerprint density at radius 3 is 1.74 bits per heavy atom. The first-order valence-corrected chi connectivity index (χ1v) is 9.96. The van der Waals surface area contributed by atoms with Gasteiger partial charge in [-0.2, -0.15) is 8.78 Å². The van der Waals surface area contributed by atoms with Crippen molar-refractivity contribution in [3.05, 3.63) is 59.7 Å². The Kier molecular flexibility index (Phi) is 6.07. The summed E-state index contributed by atoms with van der Waals surface area (Å²) in [6.45, 7) is 1.18. The number of hydrogen-bond acceptors (Lipinski definition) is 4. The minimum Gasteiger partial charge on any atom is -0.429 e. The van der Waals surface area contributed by atoms with E-state index in [2.05, 4.69) is 9.47 Å². The van der Waals surface area contributed by atoms with Gasteiger partial charge in [0.2, 0.25) is 0 Å². The lowest BCUT2D eigenvalue weighted by Gasteiger charge is -2.38. The average Bonchev–Trinajstić information content (AvgIpc) is 2.68. The van der Waals surface area contributed by atoms with E-state index in [0.717, 1.165) is 24.3 Å². The largest absolute Gasteiger partial charge is 0.573 e. The summed E-state index contributed by atoms with van der Waals surface area (Å²) in [6, 6.07) is 9.15. The van der Waals surface area contributed by atoms with E-state index < -0.39 is 30.1 Å². The Bertz CT molecular complexity index is 855. The fourth-order valence-corrected chi connectivity index (χ4v) is 3.64. The van der Waals surface area contributed by atoms with Gasteiger partial charge in [-0.15, -0.1) is 13.2 Å². The molecule has 1 aliphatic carbocycles. The molecule has 0 bridgehead atoms. The van der Waals surface area contributed by atoms with Crippen molar-refractivity contribution in [1.82, 2.24) is 0 Å². The number of rotatable bonds is 6. The molecule has 4 nitrogen and oxygen atoms in total. The predicted molar refractivity (Wildman–Crippen MR) is 99.6 cm³/mol. The van der Waals surface area contributed by atoms with Crippen LogP contribution in [0.4, 0.5) is 22.0 Å². The zero-order valence-corrected chi connectivity index (χ0v) is 16.4. The second-order valence-corrected chi connectivity index (χ2v) is 7.71. The van der Waals surface area contributed by atoms with Crippen molar-refractivity contribution in [2.24, 2.45) is 11.8 Å². The highest BCUT2D eigenvalue weighted by Gasteiger charge is 2.36. The molecular formula is C22H21F5O4. The van der Waals surface area contributed by atoms with Gasteiger partial charge < -0.3 is 18.9 Å². The average molecular weight is 444 g/mol. The highest BCUT2D eigenvalue weighted by Crippen LogP contribution is 2.38. The van der Waals surface area contributed by atoms with Crippen LogP contribution in [-0.4, -0.2) is 19.6 Å². The van der Waals surface area contributed by atoms with Gasteiger partial charge in [-0.05, 0) is 42.3 Å². The first-order chi connectivity index (χ1) is 14.7. The molecule has 2 fully saturated rings. The zero-order chi connectivity index (χ0) is 22.1. The molecule has 0 unspecified atom stereocenters. The molecule has 0 amide bonds. The van der Waals surface area contributed by atoms with Gasteiger partial charge in [-0.3, -0.25) is 0 Å². The van der Waals surface area contributed by atoms with Gasteiger partial charge >= 0.3 is 12.5 Å². The summed E-state index contributed by atoms with van der Waals surface area (Å²) < 4.78 is 85.4. The monoisotopic (exact) mass is 444 g/mol. The van der Waals surface area contributed by atoms with Crippen molar-refractivity contribution in [2.45, 2.75) is 38.0 Å². The van der Waals surface area contributed by atoms with Crippen LogP contribution in [0.1, 0.15) is 36.7 Å². The Hall–Kier alpha value is -2.39. The Balaban J connectivity index is 1.35. The van der Waals surface area contributed by atoms with E-state index in [1.54, 1.807) is 0 Å². The van der Waals surface area contributed by atoms with E-state index in [1.807, 2.05) is 0 Å². The maximum atomic E-state index is 14.5. The van der Waals surface area contributed by atoms with Crippen molar-refractivity contribution in [2.75, 3.05) is 13.2 Å². The minimum atomic E-state index is -4.86. The van der Waals surface area contributed by atoms with Crippen molar-refractivity contribution in [1.29, 1.82) is 0 Å². The van der Waals surface area contributed by atoms with Gasteiger partial charge in [0.15, 0.2) is 6.29 Å². The third-order valence-electron chi connectivity index (χ3n) is 5.56. The van der Waals surface area contributed by atoms with Crippen molar-refractivity contribution < 1.29 is 40.9 Å². The fraction of sp³-hybridized carbons (Fsp3) is 0.455. The highest BCUT2D eigenvalue weighted by atomic mass is 19.4. The van der Waals surface area contributed by atoms with Gasteiger partial charge in [-0.25, -0.2) is 0 Å². The Morgan fingerprint density at radius 2 is 1.26 bits per heavy atom. The van der Waals surface area contributed by atoms with Crippen LogP contribution in [0.3, 0.4) is 0 Å². The number of alkyl halides is 5. The molecule has 2 aromatic rings. The molecule has 1 heterocycles. The molecule has 9 heteroatoms. The molecule has 4 rings (SSSR count). The van der Waals surface area contributed by atoms with Gasteiger partial charge in [0, 0.05) is 11.5 Å². The molecule has 2 aromatic carbocycles. The lowest BCUT2D eigenvalue weighted by atomic mass is 9.76. The van der Waals surface area contributed by atoms with E-state index in [0.29, 0.717) is 30.6 Å². The number of ether oxygens (including phenoxy) is 4. The second-order valence-electron chi connectivity index (χ2n) is 7.71. The predicted octanol–water partition coefficient (Wildman–Crippen LogP) is 6.18. The summed E-state index contributed by atoms with van der Waals surface area (Å²) in [4.78, 5) is 0. The first kappa shape index (κ1) is 21.8. The summed E-state index contributed by atoms with van der Waals surface area (Å²) in [7, 11) is 0. The van der Waals surface area contributed by atoms with Crippen LogP contribution >= 0.6 is 0 Å². The molecule has 0 N–H and O–H groups in total. The third-order valence-corrected chi connectivity index (χ3v) is 5.56. The summed E-state index contributed by atoms with van der Waals surface area (Å²) in [5.41, 5.74) is 0.218. The summed E-state index contributed by atoms with van der Waals surface area (Å²) >= 11 is 0. The van der Waals surface area contributed by atoms with Crippen molar-refractivity contribution in [3.8, 4) is 11.5 Å². The SMILES string of the molecule is FC(F)(F)Oc1ccc(OC(F)(F)c2ccc(C3OCC(C4CCC4)CO3)cc2)cc1. The number of hydrogen-bond donors (Lipinski definition) is 0. The minimum absolute atomic E-state index is 0.301. The molecule has 1 saturated heterocycles. The zero-order valence-electron chi connectivity index (χ0n) is 16.4. The van der Waals surface area contributed by atoms with Gasteiger partial charge in [-0.1, -0.05) is 31.4 Å². The highest BCUT2D eigenvalue weighted by molar-refractivity contribution is 5.33. The quantitative estimate of drug-likeness (QED) is 0.499. The number of halogens is 5. The van der Waals surface area contributed by atoms with E-state index >= 15 is 0 Å². The van der Waals surface area contributed by atoms with Crippen molar-refractivity contribution in [3.63, 3.8) is 0 Å². The molecule has 31 heavy (non-hydrogen) atoms. The van der Waals surface area contributed by atoms with E-state index in [-0.39, 0.29) is 5.75 Å². The van der Waals surface area contributed by atoms with Crippen LogP contribution < -0.4 is 9.47 Å². The van der Waals surface area contributed by atoms with Crippen LogP contribution in [0.25, 0.3) is 0 Å². The number of benzene rings is 2. The van der Waals surface area contributed by atoms with Crippen LogP contribution in [-0.2, 0) is 15.6 Å². The second kappa shape index (κ2) is 8.63. The van der Waals surface area contributed by atoms with E-state index in [4.69, 9.17) is 9.47 Å². The third kappa shape index (κ3) is 5.46.